The Bertz CT molecular complexity index is 834. The maximum absolute atomic E-state index is 12.7. The average molecular weight is 408 g/mol. The quantitative estimate of drug-likeness (QED) is 0.733. The SMILES string of the molecule is COc1cccc(CN2CCN(C(=O)c3cccc(OCC(F)(F)F)c3)CC2)c1. The molecule has 29 heavy (non-hydrogen) atoms. The summed E-state index contributed by atoms with van der Waals surface area (Å²) in [5, 5.41) is 0. The van der Waals surface area contributed by atoms with Crippen LogP contribution in [0.1, 0.15) is 15.9 Å². The molecular weight excluding hydrogens is 385 g/mol. The summed E-state index contributed by atoms with van der Waals surface area (Å²) in [5.74, 6) is 0.636. The maximum atomic E-state index is 12.7. The van der Waals surface area contributed by atoms with Crippen LogP contribution in [-0.4, -0.2) is 61.8 Å². The van der Waals surface area contributed by atoms with Gasteiger partial charge in [0.2, 0.25) is 0 Å². The van der Waals surface area contributed by atoms with Gasteiger partial charge in [0, 0.05) is 38.3 Å². The van der Waals surface area contributed by atoms with Crippen LogP contribution in [0.4, 0.5) is 13.2 Å². The van der Waals surface area contributed by atoms with Crippen molar-refractivity contribution in [1.82, 2.24) is 9.80 Å². The van der Waals surface area contributed by atoms with Crippen LogP contribution in [0.2, 0.25) is 0 Å². The predicted molar refractivity (Wildman–Crippen MR) is 102 cm³/mol. The Morgan fingerprint density at radius 3 is 2.38 bits per heavy atom. The summed E-state index contributed by atoms with van der Waals surface area (Å²) in [5.41, 5.74) is 1.46. The number of piperazine rings is 1. The van der Waals surface area contributed by atoms with Crippen LogP contribution >= 0.6 is 0 Å². The second kappa shape index (κ2) is 9.17. The van der Waals surface area contributed by atoms with Crippen molar-refractivity contribution in [1.29, 1.82) is 0 Å². The van der Waals surface area contributed by atoms with Gasteiger partial charge in [0.15, 0.2) is 6.61 Å². The Kier molecular flexibility index (Phi) is 6.64. The third kappa shape index (κ3) is 6.12. The molecule has 1 amide bonds. The monoisotopic (exact) mass is 408 g/mol. The number of nitrogens with zero attached hydrogens (tertiary/aromatic N) is 2. The van der Waals surface area contributed by atoms with Crippen molar-refractivity contribution in [3.8, 4) is 11.5 Å². The van der Waals surface area contributed by atoms with Crippen molar-refractivity contribution in [3.63, 3.8) is 0 Å². The summed E-state index contributed by atoms with van der Waals surface area (Å²) in [6, 6.07) is 13.7. The van der Waals surface area contributed by atoms with Crippen LogP contribution in [0.15, 0.2) is 48.5 Å². The fraction of sp³-hybridized carbons (Fsp3) is 0.381. The second-order valence-corrected chi connectivity index (χ2v) is 6.85. The summed E-state index contributed by atoms with van der Waals surface area (Å²) in [6.07, 6.45) is -4.42. The number of amides is 1. The molecule has 0 spiro atoms. The first-order chi connectivity index (χ1) is 13.8. The van der Waals surface area contributed by atoms with Gasteiger partial charge in [-0.15, -0.1) is 0 Å². The number of hydrogen-bond donors (Lipinski definition) is 0. The molecule has 1 aliphatic rings. The number of ether oxygens (including phenoxy) is 2. The van der Waals surface area contributed by atoms with Gasteiger partial charge in [0.25, 0.3) is 5.91 Å². The highest BCUT2D eigenvalue weighted by molar-refractivity contribution is 5.94. The van der Waals surface area contributed by atoms with Crippen LogP contribution in [0, 0.1) is 0 Å². The Hall–Kier alpha value is -2.74. The van der Waals surface area contributed by atoms with Gasteiger partial charge in [-0.3, -0.25) is 9.69 Å². The summed E-state index contributed by atoms with van der Waals surface area (Å²) in [7, 11) is 1.63. The minimum atomic E-state index is -4.42. The van der Waals surface area contributed by atoms with E-state index >= 15 is 0 Å². The summed E-state index contributed by atoms with van der Waals surface area (Å²) in [4.78, 5) is 16.7. The maximum Gasteiger partial charge on any atom is 0.422 e. The van der Waals surface area contributed by atoms with Crippen molar-refractivity contribution in [3.05, 3.63) is 59.7 Å². The van der Waals surface area contributed by atoms with Crippen molar-refractivity contribution < 1.29 is 27.4 Å². The predicted octanol–water partition coefficient (Wildman–Crippen LogP) is 3.59. The summed E-state index contributed by atoms with van der Waals surface area (Å²) in [6.45, 7) is 1.92. The van der Waals surface area contributed by atoms with Crippen molar-refractivity contribution in [2.24, 2.45) is 0 Å². The van der Waals surface area contributed by atoms with Gasteiger partial charge in [-0.05, 0) is 35.9 Å². The lowest BCUT2D eigenvalue weighted by molar-refractivity contribution is -0.153. The number of carbonyl (C=O) groups excluding carboxylic acids is 1. The largest absolute Gasteiger partial charge is 0.497 e. The third-order valence-corrected chi connectivity index (χ3v) is 4.68. The summed E-state index contributed by atoms with van der Waals surface area (Å²) < 4.78 is 46.9. The molecule has 1 saturated heterocycles. The molecule has 0 radical (unpaired) electrons. The Morgan fingerprint density at radius 2 is 1.69 bits per heavy atom. The van der Waals surface area contributed by atoms with Gasteiger partial charge in [-0.1, -0.05) is 18.2 Å². The van der Waals surface area contributed by atoms with E-state index in [0.29, 0.717) is 31.7 Å². The molecule has 2 aromatic rings. The van der Waals surface area contributed by atoms with Gasteiger partial charge < -0.3 is 14.4 Å². The smallest absolute Gasteiger partial charge is 0.422 e. The first-order valence-corrected chi connectivity index (χ1v) is 9.28. The highest BCUT2D eigenvalue weighted by atomic mass is 19.4. The molecule has 1 fully saturated rings. The molecule has 0 aliphatic carbocycles. The van der Waals surface area contributed by atoms with E-state index in [1.54, 1.807) is 18.1 Å². The lowest BCUT2D eigenvalue weighted by Gasteiger charge is -2.34. The second-order valence-electron chi connectivity index (χ2n) is 6.85. The first kappa shape index (κ1) is 21.0. The van der Waals surface area contributed by atoms with Crippen molar-refractivity contribution in [2.45, 2.75) is 12.7 Å². The molecule has 8 heteroatoms. The molecule has 0 unspecified atom stereocenters. The summed E-state index contributed by atoms with van der Waals surface area (Å²) >= 11 is 0. The molecule has 5 nitrogen and oxygen atoms in total. The van der Waals surface area contributed by atoms with Crippen LogP contribution in [0.25, 0.3) is 0 Å². The molecule has 0 atom stereocenters. The van der Waals surface area contributed by atoms with E-state index in [0.717, 1.165) is 17.9 Å². The molecule has 0 saturated carbocycles. The highest BCUT2D eigenvalue weighted by Crippen LogP contribution is 2.21. The lowest BCUT2D eigenvalue weighted by atomic mass is 10.1. The van der Waals surface area contributed by atoms with E-state index in [1.165, 1.54) is 18.2 Å². The minimum Gasteiger partial charge on any atom is -0.497 e. The number of methoxy groups -OCH3 is 1. The zero-order valence-corrected chi connectivity index (χ0v) is 16.1. The first-order valence-electron chi connectivity index (χ1n) is 9.28. The van der Waals surface area contributed by atoms with E-state index in [4.69, 9.17) is 9.47 Å². The van der Waals surface area contributed by atoms with Gasteiger partial charge in [0.05, 0.1) is 7.11 Å². The van der Waals surface area contributed by atoms with Crippen molar-refractivity contribution >= 4 is 5.91 Å². The van der Waals surface area contributed by atoms with Crippen LogP contribution in [0.3, 0.4) is 0 Å². The van der Waals surface area contributed by atoms with Gasteiger partial charge >= 0.3 is 6.18 Å². The Balaban J connectivity index is 1.54. The molecule has 0 aromatic heterocycles. The highest BCUT2D eigenvalue weighted by Gasteiger charge is 2.28. The Morgan fingerprint density at radius 1 is 1.00 bits per heavy atom. The van der Waals surface area contributed by atoms with Gasteiger partial charge in [-0.2, -0.15) is 13.2 Å². The number of benzene rings is 2. The molecule has 1 heterocycles. The van der Waals surface area contributed by atoms with Crippen LogP contribution in [0.5, 0.6) is 11.5 Å². The molecular formula is C21H23F3N2O3. The number of rotatable bonds is 6. The molecule has 0 bridgehead atoms. The number of halogens is 3. The molecule has 0 N–H and O–H groups in total. The molecule has 3 rings (SSSR count). The lowest BCUT2D eigenvalue weighted by Crippen LogP contribution is -2.48. The van der Waals surface area contributed by atoms with Crippen LogP contribution in [-0.2, 0) is 6.54 Å². The number of hydrogen-bond acceptors (Lipinski definition) is 4. The van der Waals surface area contributed by atoms with Crippen molar-refractivity contribution in [2.75, 3.05) is 39.9 Å². The van der Waals surface area contributed by atoms with E-state index in [2.05, 4.69) is 4.90 Å². The number of carbonyl (C=O) groups is 1. The van der Waals surface area contributed by atoms with E-state index < -0.39 is 12.8 Å². The van der Waals surface area contributed by atoms with E-state index in [9.17, 15) is 18.0 Å². The third-order valence-electron chi connectivity index (χ3n) is 4.68. The standard InChI is InChI=1S/C21H23F3N2O3/c1-28-18-6-2-4-16(12-18)14-25-8-10-26(11-9-25)20(27)17-5-3-7-19(13-17)29-15-21(22,23)24/h2-7,12-13H,8-11,14-15H2,1H3. The molecule has 2 aromatic carbocycles. The number of alkyl halides is 3. The zero-order valence-electron chi connectivity index (χ0n) is 16.1. The van der Waals surface area contributed by atoms with Gasteiger partial charge in [0.1, 0.15) is 11.5 Å². The van der Waals surface area contributed by atoms with E-state index in [1.807, 2.05) is 24.3 Å². The zero-order chi connectivity index (χ0) is 20.9. The topological polar surface area (TPSA) is 42.0 Å². The average Bonchev–Trinajstić information content (AvgIpc) is 2.72. The normalized spacial score (nSPS) is 15.2. The van der Waals surface area contributed by atoms with Gasteiger partial charge in [-0.25, -0.2) is 0 Å². The van der Waals surface area contributed by atoms with Crippen LogP contribution < -0.4 is 9.47 Å². The molecule has 156 valence electrons. The Labute approximate surface area is 167 Å². The molecule has 1 aliphatic heterocycles. The minimum absolute atomic E-state index is 0.0323. The van der Waals surface area contributed by atoms with E-state index in [-0.39, 0.29) is 11.7 Å². The fourth-order valence-electron chi connectivity index (χ4n) is 3.20. The fourth-order valence-corrected chi connectivity index (χ4v) is 3.20.